The second-order valence-electron chi connectivity index (χ2n) is 8.68. The topological polar surface area (TPSA) is 72.0 Å². The Labute approximate surface area is 208 Å². The molecular formula is C27H28IN3O2. The Hall–Kier alpha value is -2.61. The first-order valence-corrected chi connectivity index (χ1v) is 12.6. The first kappa shape index (κ1) is 23.5. The van der Waals surface area contributed by atoms with Crippen LogP contribution in [-0.2, 0) is 17.6 Å². The lowest BCUT2D eigenvalue weighted by molar-refractivity contribution is -0.115. The summed E-state index contributed by atoms with van der Waals surface area (Å²) < 4.78 is 1.14. The van der Waals surface area contributed by atoms with Crippen molar-refractivity contribution in [3.05, 3.63) is 75.1 Å². The van der Waals surface area contributed by atoms with Crippen LogP contribution in [0, 0.1) is 9.49 Å². The predicted octanol–water partition coefficient (Wildman–Crippen LogP) is 6.25. The van der Waals surface area contributed by atoms with Gasteiger partial charge in [-0.05, 0) is 59.0 Å². The van der Waals surface area contributed by atoms with Crippen LogP contribution in [0.5, 0.6) is 0 Å². The van der Waals surface area contributed by atoms with Crippen molar-refractivity contribution < 1.29 is 9.59 Å². The van der Waals surface area contributed by atoms with Gasteiger partial charge in [-0.25, -0.2) is 9.97 Å². The van der Waals surface area contributed by atoms with Crippen LogP contribution in [-0.4, -0.2) is 22.2 Å². The molecule has 0 bridgehead atoms. The molecule has 3 aromatic rings. The van der Waals surface area contributed by atoms with E-state index in [4.69, 9.17) is 4.98 Å². The maximum absolute atomic E-state index is 12.7. The Kier molecular flexibility index (Phi) is 8.20. The molecule has 170 valence electrons. The molecule has 1 saturated carbocycles. The summed E-state index contributed by atoms with van der Waals surface area (Å²) in [7, 11) is 0. The van der Waals surface area contributed by atoms with Gasteiger partial charge in [-0.15, -0.1) is 0 Å². The van der Waals surface area contributed by atoms with Gasteiger partial charge in [-0.3, -0.25) is 9.59 Å². The van der Waals surface area contributed by atoms with Gasteiger partial charge in [-0.2, -0.15) is 0 Å². The minimum atomic E-state index is -0.0903. The number of carbonyl (C=O) groups excluding carboxylic acids is 2. The standard InChI is InChI=1S/C27H28IN3O2/c28-23-13-8-20(9-14-23)16-26(33)31-27-24(15-10-19-4-2-1-3-5-19)30-25(17-29-27)22-11-6-21(18-32)7-12-22/h6-9,11-14,17-19H,1-5,10,15-16H2,(H,29,31,33). The minimum Gasteiger partial charge on any atom is -0.309 e. The van der Waals surface area contributed by atoms with Crippen molar-refractivity contribution in [2.24, 2.45) is 5.92 Å². The molecule has 0 aliphatic heterocycles. The molecule has 1 N–H and O–H groups in total. The van der Waals surface area contributed by atoms with E-state index in [1.165, 1.54) is 32.1 Å². The van der Waals surface area contributed by atoms with Crippen LogP contribution in [0.25, 0.3) is 11.3 Å². The number of aldehydes is 1. The lowest BCUT2D eigenvalue weighted by Crippen LogP contribution is -2.18. The number of aromatic nitrogens is 2. The van der Waals surface area contributed by atoms with Gasteiger partial charge in [0.25, 0.3) is 0 Å². The molecule has 1 aliphatic carbocycles. The maximum Gasteiger partial charge on any atom is 0.229 e. The molecule has 0 spiro atoms. The summed E-state index contributed by atoms with van der Waals surface area (Å²) >= 11 is 2.26. The second-order valence-corrected chi connectivity index (χ2v) is 9.93. The van der Waals surface area contributed by atoms with Crippen LogP contribution >= 0.6 is 22.6 Å². The molecule has 5 nitrogen and oxygen atoms in total. The largest absolute Gasteiger partial charge is 0.309 e. The highest BCUT2D eigenvalue weighted by Gasteiger charge is 2.17. The molecule has 4 rings (SSSR count). The molecule has 0 atom stereocenters. The third kappa shape index (κ3) is 6.69. The highest BCUT2D eigenvalue weighted by molar-refractivity contribution is 14.1. The SMILES string of the molecule is O=Cc1ccc(-c2cnc(NC(=O)Cc3ccc(I)cc3)c(CCC3CCCCC3)n2)cc1. The van der Waals surface area contributed by atoms with Crippen molar-refractivity contribution >= 4 is 40.6 Å². The van der Waals surface area contributed by atoms with Crippen LogP contribution in [0.1, 0.15) is 60.1 Å². The molecule has 0 radical (unpaired) electrons. The number of rotatable bonds is 8. The first-order chi connectivity index (χ1) is 16.1. The number of hydrogen-bond donors (Lipinski definition) is 1. The monoisotopic (exact) mass is 553 g/mol. The Morgan fingerprint density at radius 1 is 1.03 bits per heavy atom. The maximum atomic E-state index is 12.7. The highest BCUT2D eigenvalue weighted by Crippen LogP contribution is 2.29. The summed E-state index contributed by atoms with van der Waals surface area (Å²) in [6, 6.07) is 15.3. The van der Waals surface area contributed by atoms with E-state index in [9.17, 15) is 9.59 Å². The predicted molar refractivity (Wildman–Crippen MR) is 139 cm³/mol. The molecule has 6 heteroatoms. The normalized spacial score (nSPS) is 14.1. The number of amides is 1. The molecule has 1 heterocycles. The number of anilines is 1. The van der Waals surface area contributed by atoms with E-state index < -0.39 is 0 Å². The lowest BCUT2D eigenvalue weighted by Gasteiger charge is -2.21. The second kappa shape index (κ2) is 11.5. The number of aryl methyl sites for hydroxylation is 1. The summed E-state index contributed by atoms with van der Waals surface area (Å²) in [5.41, 5.74) is 4.08. The Balaban J connectivity index is 1.53. The highest BCUT2D eigenvalue weighted by atomic mass is 127. The van der Waals surface area contributed by atoms with Crippen molar-refractivity contribution in [3.63, 3.8) is 0 Å². The smallest absolute Gasteiger partial charge is 0.229 e. The van der Waals surface area contributed by atoms with Crippen LogP contribution < -0.4 is 5.32 Å². The van der Waals surface area contributed by atoms with Crippen LogP contribution in [0.4, 0.5) is 5.82 Å². The Morgan fingerprint density at radius 3 is 2.45 bits per heavy atom. The van der Waals surface area contributed by atoms with Gasteiger partial charge in [0.2, 0.25) is 5.91 Å². The molecule has 0 unspecified atom stereocenters. The fraction of sp³-hybridized carbons (Fsp3) is 0.333. The van der Waals surface area contributed by atoms with Gasteiger partial charge in [0.15, 0.2) is 5.82 Å². The number of halogens is 1. The van der Waals surface area contributed by atoms with Crippen LogP contribution in [0.2, 0.25) is 0 Å². The van der Waals surface area contributed by atoms with Gasteiger partial charge in [0.1, 0.15) is 6.29 Å². The van der Waals surface area contributed by atoms with Gasteiger partial charge in [0, 0.05) is 14.7 Å². The Bertz CT molecular complexity index is 1090. The van der Waals surface area contributed by atoms with Crippen LogP contribution in [0.15, 0.2) is 54.7 Å². The molecule has 2 aromatic carbocycles. The summed E-state index contributed by atoms with van der Waals surface area (Å²) in [6.45, 7) is 0. The third-order valence-electron chi connectivity index (χ3n) is 6.24. The van der Waals surface area contributed by atoms with Crippen molar-refractivity contribution in [1.29, 1.82) is 0 Å². The summed E-state index contributed by atoms with van der Waals surface area (Å²) in [6.07, 6.45) is 11.2. The molecule has 1 fully saturated rings. The average Bonchev–Trinajstić information content (AvgIpc) is 2.85. The lowest BCUT2D eigenvalue weighted by atomic mass is 9.86. The molecule has 1 amide bonds. The van der Waals surface area contributed by atoms with Crippen molar-refractivity contribution in [3.8, 4) is 11.3 Å². The summed E-state index contributed by atoms with van der Waals surface area (Å²) in [5, 5.41) is 3.00. The van der Waals surface area contributed by atoms with Gasteiger partial charge < -0.3 is 5.32 Å². The van der Waals surface area contributed by atoms with Crippen LogP contribution in [0.3, 0.4) is 0 Å². The Morgan fingerprint density at radius 2 is 1.76 bits per heavy atom. The van der Waals surface area contributed by atoms with Gasteiger partial charge in [0.05, 0.1) is 24.0 Å². The molecule has 1 aromatic heterocycles. The van der Waals surface area contributed by atoms with Crippen molar-refractivity contribution in [1.82, 2.24) is 9.97 Å². The zero-order valence-electron chi connectivity index (χ0n) is 18.6. The number of carbonyl (C=O) groups is 2. The summed E-state index contributed by atoms with van der Waals surface area (Å²) in [5.74, 6) is 1.17. The van der Waals surface area contributed by atoms with Crippen molar-refractivity contribution in [2.75, 3.05) is 5.32 Å². The fourth-order valence-electron chi connectivity index (χ4n) is 4.36. The van der Waals surface area contributed by atoms with E-state index in [-0.39, 0.29) is 5.91 Å². The number of benzene rings is 2. The summed E-state index contributed by atoms with van der Waals surface area (Å²) in [4.78, 5) is 33.2. The van der Waals surface area contributed by atoms with E-state index in [0.29, 0.717) is 23.7 Å². The minimum absolute atomic E-state index is 0.0903. The van der Waals surface area contributed by atoms with Crippen molar-refractivity contribution in [2.45, 2.75) is 51.4 Å². The number of nitrogens with zero attached hydrogens (tertiary/aromatic N) is 2. The number of nitrogens with one attached hydrogen (secondary N) is 1. The number of hydrogen-bond acceptors (Lipinski definition) is 4. The van der Waals surface area contributed by atoms with E-state index in [2.05, 4.69) is 32.9 Å². The third-order valence-corrected chi connectivity index (χ3v) is 6.96. The van der Waals surface area contributed by atoms with E-state index >= 15 is 0 Å². The average molecular weight is 553 g/mol. The van der Waals surface area contributed by atoms with E-state index in [1.807, 2.05) is 36.4 Å². The molecule has 33 heavy (non-hydrogen) atoms. The first-order valence-electron chi connectivity index (χ1n) is 11.6. The molecular weight excluding hydrogens is 525 g/mol. The zero-order valence-corrected chi connectivity index (χ0v) is 20.8. The van der Waals surface area contributed by atoms with Gasteiger partial charge in [-0.1, -0.05) is 68.5 Å². The molecule has 1 aliphatic rings. The molecule has 0 saturated heterocycles. The quantitative estimate of drug-likeness (QED) is 0.264. The van der Waals surface area contributed by atoms with E-state index in [1.54, 1.807) is 18.3 Å². The van der Waals surface area contributed by atoms with E-state index in [0.717, 1.165) is 45.2 Å². The fourth-order valence-corrected chi connectivity index (χ4v) is 4.72. The van der Waals surface area contributed by atoms with Gasteiger partial charge >= 0.3 is 0 Å². The zero-order chi connectivity index (χ0) is 23.0.